The van der Waals surface area contributed by atoms with Crippen molar-refractivity contribution < 1.29 is 4.74 Å². The summed E-state index contributed by atoms with van der Waals surface area (Å²) in [6.07, 6.45) is 0.757. The van der Waals surface area contributed by atoms with Crippen LogP contribution in [0.4, 0.5) is 0 Å². The van der Waals surface area contributed by atoms with Gasteiger partial charge in [-0.2, -0.15) is 0 Å². The Morgan fingerprint density at radius 3 is 2.55 bits per heavy atom. The number of benzene rings is 1. The molecule has 20 heavy (non-hydrogen) atoms. The van der Waals surface area contributed by atoms with Crippen molar-refractivity contribution in [1.82, 2.24) is 0 Å². The fourth-order valence-electron chi connectivity index (χ4n) is 2.01. The summed E-state index contributed by atoms with van der Waals surface area (Å²) in [6.45, 7) is 6.14. The highest BCUT2D eigenvalue weighted by atomic mass is 35.5. The van der Waals surface area contributed by atoms with E-state index in [1.807, 2.05) is 25.1 Å². The molecule has 0 bridgehead atoms. The van der Waals surface area contributed by atoms with Gasteiger partial charge in [0.2, 0.25) is 0 Å². The van der Waals surface area contributed by atoms with E-state index < -0.39 is 0 Å². The Bertz CT molecular complexity index is 582. The molecule has 0 aliphatic rings. The molecule has 1 aromatic carbocycles. The minimum atomic E-state index is -0.112. The van der Waals surface area contributed by atoms with Gasteiger partial charge in [0.15, 0.2) is 0 Å². The maximum Gasteiger partial charge on any atom is 0.148 e. The summed E-state index contributed by atoms with van der Waals surface area (Å²) in [6, 6.07) is 9.89. The molecule has 0 fully saturated rings. The quantitative estimate of drug-likeness (QED) is 0.854. The van der Waals surface area contributed by atoms with Gasteiger partial charge in [-0.1, -0.05) is 18.5 Å². The van der Waals surface area contributed by atoms with Gasteiger partial charge in [-0.15, -0.1) is 11.3 Å². The maximum atomic E-state index is 6.23. The highest BCUT2D eigenvalue weighted by Gasteiger charge is 2.22. The van der Waals surface area contributed by atoms with Crippen LogP contribution in [0.1, 0.15) is 34.8 Å². The second-order valence-electron chi connectivity index (χ2n) is 4.97. The van der Waals surface area contributed by atoms with Crippen LogP contribution in [0.5, 0.6) is 5.75 Å². The summed E-state index contributed by atoms with van der Waals surface area (Å²) in [7, 11) is 0. The summed E-state index contributed by atoms with van der Waals surface area (Å²) >= 11 is 7.78. The fourth-order valence-corrected chi connectivity index (χ4v) is 3.11. The van der Waals surface area contributed by atoms with Crippen LogP contribution in [0.25, 0.3) is 0 Å². The molecule has 1 heterocycles. The normalized spacial score (nSPS) is 14.1. The van der Waals surface area contributed by atoms with E-state index in [0.29, 0.717) is 0 Å². The Labute approximate surface area is 129 Å². The number of aryl methyl sites for hydroxylation is 2. The second-order valence-corrected chi connectivity index (χ2v) is 6.70. The Hall–Kier alpha value is -1.03. The molecule has 2 nitrogen and oxygen atoms in total. The van der Waals surface area contributed by atoms with Gasteiger partial charge in [-0.05, 0) is 56.2 Å². The standard InChI is InChI=1S/C16H20ClNOS/c1-4-14(18)16(15-8-5-11(3)20-15)19-12-6-7-13(17)10(2)9-12/h5-9,14,16H,4,18H2,1-3H3. The average molecular weight is 310 g/mol. The predicted molar refractivity (Wildman–Crippen MR) is 86.9 cm³/mol. The van der Waals surface area contributed by atoms with Gasteiger partial charge in [-0.25, -0.2) is 0 Å². The third-order valence-electron chi connectivity index (χ3n) is 3.29. The molecule has 2 N–H and O–H groups in total. The summed E-state index contributed by atoms with van der Waals surface area (Å²) in [5.74, 6) is 0.812. The number of nitrogens with two attached hydrogens (primary N) is 1. The summed E-state index contributed by atoms with van der Waals surface area (Å²) in [4.78, 5) is 2.44. The Balaban J connectivity index is 2.25. The molecule has 2 rings (SSSR count). The van der Waals surface area contributed by atoms with Gasteiger partial charge < -0.3 is 10.5 Å². The molecule has 2 unspecified atom stereocenters. The number of rotatable bonds is 5. The lowest BCUT2D eigenvalue weighted by Gasteiger charge is -2.23. The van der Waals surface area contributed by atoms with E-state index >= 15 is 0 Å². The number of ether oxygens (including phenoxy) is 1. The Morgan fingerprint density at radius 1 is 1.25 bits per heavy atom. The van der Waals surface area contributed by atoms with E-state index in [2.05, 4.69) is 26.0 Å². The van der Waals surface area contributed by atoms with Crippen LogP contribution in [-0.4, -0.2) is 6.04 Å². The van der Waals surface area contributed by atoms with Crippen molar-refractivity contribution in [2.75, 3.05) is 0 Å². The molecular weight excluding hydrogens is 290 g/mol. The van der Waals surface area contributed by atoms with Crippen molar-refractivity contribution in [2.45, 2.75) is 39.3 Å². The van der Waals surface area contributed by atoms with E-state index in [-0.39, 0.29) is 12.1 Å². The summed E-state index contributed by atoms with van der Waals surface area (Å²) < 4.78 is 6.13. The molecule has 4 heteroatoms. The highest BCUT2D eigenvalue weighted by molar-refractivity contribution is 7.12. The number of hydrogen-bond donors (Lipinski definition) is 1. The van der Waals surface area contributed by atoms with Crippen molar-refractivity contribution in [1.29, 1.82) is 0 Å². The van der Waals surface area contributed by atoms with Gasteiger partial charge in [0.05, 0.1) is 0 Å². The molecule has 0 radical (unpaired) electrons. The zero-order chi connectivity index (χ0) is 14.7. The van der Waals surface area contributed by atoms with Crippen molar-refractivity contribution in [3.05, 3.63) is 50.7 Å². The van der Waals surface area contributed by atoms with E-state index in [1.54, 1.807) is 11.3 Å². The molecule has 2 aromatic rings. The third kappa shape index (κ3) is 3.54. The van der Waals surface area contributed by atoms with E-state index in [0.717, 1.165) is 22.8 Å². The van der Waals surface area contributed by atoms with Crippen LogP contribution in [-0.2, 0) is 0 Å². The largest absolute Gasteiger partial charge is 0.483 e. The van der Waals surface area contributed by atoms with Gasteiger partial charge in [0.1, 0.15) is 11.9 Å². The fraction of sp³-hybridized carbons (Fsp3) is 0.375. The first kappa shape index (κ1) is 15.4. The SMILES string of the molecule is CCC(N)C(Oc1ccc(Cl)c(C)c1)c1ccc(C)s1. The number of hydrogen-bond acceptors (Lipinski definition) is 3. The van der Waals surface area contributed by atoms with E-state index in [9.17, 15) is 0 Å². The predicted octanol–water partition coefficient (Wildman–Crippen LogP) is 4.88. The van der Waals surface area contributed by atoms with E-state index in [1.165, 1.54) is 9.75 Å². The first-order chi connectivity index (χ1) is 9.51. The van der Waals surface area contributed by atoms with Crippen LogP contribution >= 0.6 is 22.9 Å². The zero-order valence-corrected chi connectivity index (χ0v) is 13.6. The van der Waals surface area contributed by atoms with Gasteiger partial charge in [0, 0.05) is 20.8 Å². The molecule has 1 aromatic heterocycles. The van der Waals surface area contributed by atoms with Gasteiger partial charge >= 0.3 is 0 Å². The zero-order valence-electron chi connectivity index (χ0n) is 12.0. The Kier molecular flexibility index (Phi) is 5.08. The summed E-state index contributed by atoms with van der Waals surface area (Å²) in [5.41, 5.74) is 7.24. The number of thiophene rings is 1. The third-order valence-corrected chi connectivity index (χ3v) is 4.78. The molecule has 0 amide bonds. The molecule has 2 atom stereocenters. The molecular formula is C16H20ClNOS. The van der Waals surface area contributed by atoms with Gasteiger partial charge in [0.25, 0.3) is 0 Å². The lowest BCUT2D eigenvalue weighted by atomic mass is 10.1. The van der Waals surface area contributed by atoms with Crippen molar-refractivity contribution in [2.24, 2.45) is 5.73 Å². The minimum Gasteiger partial charge on any atom is -0.483 e. The average Bonchev–Trinajstić information content (AvgIpc) is 2.85. The molecule has 0 saturated carbocycles. The molecule has 0 aliphatic heterocycles. The lowest BCUT2D eigenvalue weighted by molar-refractivity contribution is 0.174. The Morgan fingerprint density at radius 2 is 2.00 bits per heavy atom. The maximum absolute atomic E-state index is 6.23. The molecule has 0 spiro atoms. The molecule has 0 aliphatic carbocycles. The van der Waals surface area contributed by atoms with Crippen LogP contribution in [0.15, 0.2) is 30.3 Å². The van der Waals surface area contributed by atoms with Crippen molar-refractivity contribution >= 4 is 22.9 Å². The topological polar surface area (TPSA) is 35.2 Å². The first-order valence-corrected chi connectivity index (χ1v) is 7.95. The minimum absolute atomic E-state index is 0.0240. The number of halogens is 1. The van der Waals surface area contributed by atoms with Crippen LogP contribution < -0.4 is 10.5 Å². The monoisotopic (exact) mass is 309 g/mol. The van der Waals surface area contributed by atoms with Gasteiger partial charge in [-0.3, -0.25) is 0 Å². The van der Waals surface area contributed by atoms with Crippen molar-refractivity contribution in [3.8, 4) is 5.75 Å². The second kappa shape index (κ2) is 6.61. The molecule has 108 valence electrons. The highest BCUT2D eigenvalue weighted by Crippen LogP contribution is 2.31. The lowest BCUT2D eigenvalue weighted by Crippen LogP contribution is -2.30. The first-order valence-electron chi connectivity index (χ1n) is 6.76. The molecule has 0 saturated heterocycles. The van der Waals surface area contributed by atoms with E-state index in [4.69, 9.17) is 22.1 Å². The summed E-state index contributed by atoms with van der Waals surface area (Å²) in [5, 5.41) is 0.751. The van der Waals surface area contributed by atoms with Crippen LogP contribution in [0.2, 0.25) is 5.02 Å². The van der Waals surface area contributed by atoms with Crippen LogP contribution in [0, 0.1) is 13.8 Å². The van der Waals surface area contributed by atoms with Crippen molar-refractivity contribution in [3.63, 3.8) is 0 Å². The van der Waals surface area contributed by atoms with Crippen LogP contribution in [0.3, 0.4) is 0 Å². The smallest absolute Gasteiger partial charge is 0.148 e.